The molecule has 6 nitrogen and oxygen atoms in total. The quantitative estimate of drug-likeness (QED) is 0.485. The van der Waals surface area contributed by atoms with Crippen molar-refractivity contribution >= 4 is 23.4 Å². The first-order chi connectivity index (χ1) is 16.7. The highest BCUT2D eigenvalue weighted by Crippen LogP contribution is 2.12. The number of nitrogens with one attached hydrogen (secondary N) is 2. The van der Waals surface area contributed by atoms with Gasteiger partial charge in [0.2, 0.25) is 11.8 Å². The van der Waals surface area contributed by atoms with Gasteiger partial charge in [0.15, 0.2) is 0 Å². The number of anilines is 1. The number of imide groups is 1. The molecule has 182 valence electrons. The molecule has 3 aromatic carbocycles. The van der Waals surface area contributed by atoms with Crippen LogP contribution in [0, 0.1) is 17.5 Å². The number of hydrogen-bond donors (Lipinski definition) is 2. The zero-order chi connectivity index (χ0) is 25.4. The zero-order valence-corrected chi connectivity index (χ0v) is 18.9. The van der Waals surface area contributed by atoms with Gasteiger partial charge in [-0.3, -0.25) is 19.3 Å². The summed E-state index contributed by atoms with van der Waals surface area (Å²) < 4.78 is 40.1. The summed E-state index contributed by atoms with van der Waals surface area (Å²) in [5, 5.41) is 5.40. The molecule has 0 aliphatic carbocycles. The monoisotopic (exact) mass is 483 g/mol. The van der Waals surface area contributed by atoms with E-state index >= 15 is 0 Å². The minimum Gasteiger partial charge on any atom is -0.376 e. The first kappa shape index (κ1) is 25.5. The van der Waals surface area contributed by atoms with E-state index in [1.807, 2.05) is 6.07 Å². The molecule has 9 heteroatoms. The van der Waals surface area contributed by atoms with Crippen LogP contribution in [-0.2, 0) is 27.3 Å². The molecule has 0 unspecified atom stereocenters. The molecule has 0 saturated carbocycles. The van der Waals surface area contributed by atoms with E-state index in [2.05, 4.69) is 10.6 Å². The van der Waals surface area contributed by atoms with Crippen LogP contribution in [0.2, 0.25) is 0 Å². The van der Waals surface area contributed by atoms with Crippen LogP contribution in [0.5, 0.6) is 0 Å². The Balaban J connectivity index is 1.70. The minimum atomic E-state index is -1.11. The van der Waals surface area contributed by atoms with Crippen molar-refractivity contribution in [3.05, 3.63) is 101 Å². The SMILES string of the molecule is C[C@H](NC(=O)Cc1cc(F)cc(F)c1)C(=O)N(Cc1ccc(F)cc1)C(=O)CNc1ccccc1. The number of hydrogen-bond acceptors (Lipinski definition) is 4. The number of carbonyl (C=O) groups excluding carboxylic acids is 3. The van der Waals surface area contributed by atoms with Gasteiger partial charge in [0.25, 0.3) is 5.91 Å². The van der Waals surface area contributed by atoms with E-state index in [-0.39, 0.29) is 25.1 Å². The lowest BCUT2D eigenvalue weighted by molar-refractivity contribution is -0.146. The van der Waals surface area contributed by atoms with Gasteiger partial charge in [-0.25, -0.2) is 13.2 Å². The third-order valence-electron chi connectivity index (χ3n) is 5.07. The van der Waals surface area contributed by atoms with Crippen LogP contribution in [0.4, 0.5) is 18.9 Å². The number of nitrogens with zero attached hydrogens (tertiary/aromatic N) is 1. The fourth-order valence-corrected chi connectivity index (χ4v) is 3.38. The number of amides is 3. The van der Waals surface area contributed by atoms with Gasteiger partial charge in [-0.05, 0) is 54.4 Å². The van der Waals surface area contributed by atoms with Crippen LogP contribution in [0.3, 0.4) is 0 Å². The van der Waals surface area contributed by atoms with Gasteiger partial charge >= 0.3 is 0 Å². The van der Waals surface area contributed by atoms with Crippen molar-refractivity contribution in [2.45, 2.75) is 25.9 Å². The number of halogens is 3. The Bertz CT molecular complexity index is 1170. The van der Waals surface area contributed by atoms with E-state index in [0.29, 0.717) is 17.3 Å². The number of rotatable bonds is 9. The lowest BCUT2D eigenvalue weighted by Gasteiger charge is -2.25. The molecule has 3 amide bonds. The average Bonchev–Trinajstić information content (AvgIpc) is 2.81. The van der Waals surface area contributed by atoms with Gasteiger partial charge in [0, 0.05) is 11.8 Å². The lowest BCUT2D eigenvalue weighted by Crippen LogP contribution is -2.50. The summed E-state index contributed by atoms with van der Waals surface area (Å²) in [5.74, 6) is -3.99. The molecule has 0 aliphatic heterocycles. The van der Waals surface area contributed by atoms with Crippen molar-refractivity contribution in [3.63, 3.8) is 0 Å². The normalized spacial score (nSPS) is 11.4. The van der Waals surface area contributed by atoms with Crippen LogP contribution in [-0.4, -0.2) is 35.2 Å². The third-order valence-corrected chi connectivity index (χ3v) is 5.07. The van der Waals surface area contributed by atoms with E-state index in [9.17, 15) is 27.6 Å². The lowest BCUT2D eigenvalue weighted by atomic mass is 10.1. The highest BCUT2D eigenvalue weighted by atomic mass is 19.1. The van der Waals surface area contributed by atoms with Crippen molar-refractivity contribution in [3.8, 4) is 0 Å². The summed E-state index contributed by atoms with van der Waals surface area (Å²) in [6.07, 6.45) is -0.353. The van der Waals surface area contributed by atoms with Crippen molar-refractivity contribution < 1.29 is 27.6 Å². The fourth-order valence-electron chi connectivity index (χ4n) is 3.38. The molecular weight excluding hydrogens is 459 g/mol. The largest absolute Gasteiger partial charge is 0.376 e. The van der Waals surface area contributed by atoms with Gasteiger partial charge in [-0.1, -0.05) is 30.3 Å². The van der Waals surface area contributed by atoms with E-state index in [1.54, 1.807) is 24.3 Å². The second-order valence-corrected chi connectivity index (χ2v) is 7.91. The van der Waals surface area contributed by atoms with Crippen LogP contribution >= 0.6 is 0 Å². The predicted octanol–water partition coefficient (Wildman–Crippen LogP) is 3.82. The Labute approximate surface area is 200 Å². The summed E-state index contributed by atoms with van der Waals surface area (Å²) in [6, 6.07) is 15.9. The predicted molar refractivity (Wildman–Crippen MR) is 125 cm³/mol. The molecule has 0 fully saturated rings. The van der Waals surface area contributed by atoms with Crippen LogP contribution in [0.1, 0.15) is 18.1 Å². The van der Waals surface area contributed by atoms with E-state index in [0.717, 1.165) is 17.0 Å². The van der Waals surface area contributed by atoms with Gasteiger partial charge in [0.1, 0.15) is 23.5 Å². The Morgan fingerprint density at radius 3 is 2.09 bits per heavy atom. The average molecular weight is 483 g/mol. The maximum absolute atomic E-state index is 13.4. The van der Waals surface area contributed by atoms with Crippen LogP contribution in [0.25, 0.3) is 0 Å². The molecule has 35 heavy (non-hydrogen) atoms. The van der Waals surface area contributed by atoms with Crippen molar-refractivity contribution in [2.75, 3.05) is 11.9 Å². The molecule has 0 aromatic heterocycles. The van der Waals surface area contributed by atoms with Crippen molar-refractivity contribution in [2.24, 2.45) is 0 Å². The van der Waals surface area contributed by atoms with Crippen molar-refractivity contribution in [1.29, 1.82) is 0 Å². The van der Waals surface area contributed by atoms with Crippen LogP contribution < -0.4 is 10.6 Å². The van der Waals surface area contributed by atoms with Gasteiger partial charge in [-0.2, -0.15) is 0 Å². The molecule has 0 spiro atoms. The molecule has 1 atom stereocenters. The van der Waals surface area contributed by atoms with Crippen LogP contribution in [0.15, 0.2) is 72.8 Å². The van der Waals surface area contributed by atoms with Gasteiger partial charge in [0.05, 0.1) is 19.5 Å². The Morgan fingerprint density at radius 1 is 0.829 bits per heavy atom. The first-order valence-electron chi connectivity index (χ1n) is 10.8. The molecule has 0 heterocycles. The Morgan fingerprint density at radius 2 is 1.46 bits per heavy atom. The second kappa shape index (κ2) is 11.8. The summed E-state index contributed by atoms with van der Waals surface area (Å²) >= 11 is 0. The van der Waals surface area contributed by atoms with E-state index < -0.39 is 41.2 Å². The Kier molecular flexibility index (Phi) is 8.61. The summed E-state index contributed by atoms with van der Waals surface area (Å²) in [6.45, 7) is 1.08. The topological polar surface area (TPSA) is 78.5 Å². The maximum atomic E-state index is 13.4. The Hall–Kier alpha value is -4.14. The van der Waals surface area contributed by atoms with Gasteiger partial charge < -0.3 is 10.6 Å². The van der Waals surface area contributed by atoms with E-state index in [1.165, 1.54) is 31.2 Å². The summed E-state index contributed by atoms with van der Waals surface area (Å²) in [4.78, 5) is 39.4. The summed E-state index contributed by atoms with van der Waals surface area (Å²) in [5.41, 5.74) is 1.30. The zero-order valence-electron chi connectivity index (χ0n) is 18.9. The molecule has 0 bridgehead atoms. The molecule has 2 N–H and O–H groups in total. The smallest absolute Gasteiger partial charge is 0.251 e. The number of para-hydroxylation sites is 1. The van der Waals surface area contributed by atoms with Gasteiger partial charge in [-0.15, -0.1) is 0 Å². The van der Waals surface area contributed by atoms with Crippen molar-refractivity contribution in [1.82, 2.24) is 10.2 Å². The molecule has 0 radical (unpaired) electrons. The third kappa shape index (κ3) is 7.70. The molecule has 3 aromatic rings. The number of benzene rings is 3. The molecule has 0 aliphatic rings. The first-order valence-corrected chi connectivity index (χ1v) is 10.8. The fraction of sp³-hybridized carbons (Fsp3) is 0.192. The summed E-state index contributed by atoms with van der Waals surface area (Å²) in [7, 11) is 0. The standard InChI is InChI=1S/C26H24F3N3O3/c1-17(31-24(33)13-19-11-21(28)14-22(29)12-19)26(35)32(16-18-7-9-20(27)10-8-18)25(34)15-30-23-5-3-2-4-6-23/h2-12,14,17,30H,13,15-16H2,1H3,(H,31,33)/t17-/m0/s1. The molecule has 0 saturated heterocycles. The van der Waals surface area contributed by atoms with E-state index in [4.69, 9.17) is 0 Å². The number of carbonyl (C=O) groups is 3. The second-order valence-electron chi connectivity index (χ2n) is 7.91. The highest BCUT2D eigenvalue weighted by Gasteiger charge is 2.27. The maximum Gasteiger partial charge on any atom is 0.251 e. The molecule has 3 rings (SSSR count). The molecular formula is C26H24F3N3O3. The minimum absolute atomic E-state index is 0.103. The highest BCUT2D eigenvalue weighted by molar-refractivity contribution is 6.00.